The molecule has 2 aromatic carbocycles. The van der Waals surface area contributed by atoms with Gasteiger partial charge in [-0.15, -0.1) is 0 Å². The average Bonchev–Trinajstić information content (AvgIpc) is 3.13. The first-order chi connectivity index (χ1) is 13.0. The number of ether oxygens (including phenoxy) is 1. The van der Waals surface area contributed by atoms with Gasteiger partial charge in [-0.05, 0) is 48.0 Å². The highest BCUT2D eigenvalue weighted by atomic mass is 16.5. The first-order valence-corrected chi connectivity index (χ1v) is 8.25. The number of phenolic OH excluding ortho intramolecular Hbond substituents is 1. The average molecular weight is 365 g/mol. The molecule has 1 heterocycles. The van der Waals surface area contributed by atoms with Crippen molar-refractivity contribution < 1.29 is 19.4 Å². The summed E-state index contributed by atoms with van der Waals surface area (Å²) in [5.41, 5.74) is 2.33. The number of methoxy groups -OCH3 is 1. The van der Waals surface area contributed by atoms with Crippen LogP contribution in [0, 0.1) is 0 Å². The number of aromatic hydroxyl groups is 1. The molecule has 2 amide bonds. The molecular weight excluding hydrogens is 346 g/mol. The molecule has 0 spiro atoms. The van der Waals surface area contributed by atoms with Crippen LogP contribution in [0.3, 0.4) is 0 Å². The van der Waals surface area contributed by atoms with E-state index >= 15 is 0 Å². The second-order valence-electron chi connectivity index (χ2n) is 5.81. The fourth-order valence-corrected chi connectivity index (χ4v) is 2.53. The van der Waals surface area contributed by atoms with Crippen LogP contribution in [0.1, 0.15) is 5.56 Å². The van der Waals surface area contributed by atoms with Gasteiger partial charge in [-0.3, -0.25) is 9.59 Å². The Labute approximate surface area is 155 Å². The van der Waals surface area contributed by atoms with Gasteiger partial charge in [0.2, 0.25) is 11.8 Å². The molecule has 0 aliphatic rings. The molecule has 1 aromatic heterocycles. The third-order valence-electron chi connectivity index (χ3n) is 3.89. The lowest BCUT2D eigenvalue weighted by Gasteiger charge is -2.06. The van der Waals surface area contributed by atoms with E-state index in [0.717, 1.165) is 10.9 Å². The molecule has 138 valence electrons. The molecule has 3 rings (SSSR count). The van der Waals surface area contributed by atoms with E-state index in [4.69, 9.17) is 4.74 Å². The maximum atomic E-state index is 12.0. The summed E-state index contributed by atoms with van der Waals surface area (Å²) in [5.74, 6) is -0.388. The molecule has 0 unspecified atom stereocenters. The van der Waals surface area contributed by atoms with Crippen molar-refractivity contribution in [3.8, 4) is 11.5 Å². The van der Waals surface area contributed by atoms with Crippen LogP contribution < -0.4 is 15.4 Å². The van der Waals surface area contributed by atoms with Crippen molar-refractivity contribution in [1.82, 2.24) is 10.3 Å². The predicted molar refractivity (Wildman–Crippen MR) is 104 cm³/mol. The summed E-state index contributed by atoms with van der Waals surface area (Å²) < 4.78 is 5.01. The van der Waals surface area contributed by atoms with Gasteiger partial charge in [0.15, 0.2) is 11.5 Å². The summed E-state index contributed by atoms with van der Waals surface area (Å²) in [5, 5.41) is 15.8. The summed E-state index contributed by atoms with van der Waals surface area (Å²) in [6.45, 7) is -0.146. The zero-order valence-electron chi connectivity index (χ0n) is 14.7. The summed E-state index contributed by atoms with van der Waals surface area (Å²) in [7, 11) is 1.45. The molecule has 7 nitrogen and oxygen atoms in total. The molecular formula is C20H19N3O4. The number of benzene rings is 2. The van der Waals surface area contributed by atoms with Crippen LogP contribution in [0.2, 0.25) is 0 Å². The van der Waals surface area contributed by atoms with Gasteiger partial charge in [0.1, 0.15) is 0 Å². The molecule has 7 heteroatoms. The monoisotopic (exact) mass is 365 g/mol. The smallest absolute Gasteiger partial charge is 0.244 e. The molecule has 0 aliphatic carbocycles. The number of hydrogen-bond donors (Lipinski definition) is 4. The normalized spacial score (nSPS) is 10.9. The van der Waals surface area contributed by atoms with E-state index in [1.165, 1.54) is 19.3 Å². The van der Waals surface area contributed by atoms with Crippen molar-refractivity contribution in [2.24, 2.45) is 0 Å². The fourth-order valence-electron chi connectivity index (χ4n) is 2.53. The maximum Gasteiger partial charge on any atom is 0.244 e. The first kappa shape index (κ1) is 18.1. The highest BCUT2D eigenvalue weighted by molar-refractivity contribution is 5.99. The highest BCUT2D eigenvalue weighted by Gasteiger charge is 2.06. The molecule has 0 saturated heterocycles. The molecule has 0 fully saturated rings. The Kier molecular flexibility index (Phi) is 5.41. The van der Waals surface area contributed by atoms with E-state index in [2.05, 4.69) is 15.6 Å². The highest BCUT2D eigenvalue weighted by Crippen LogP contribution is 2.26. The lowest BCUT2D eigenvalue weighted by Crippen LogP contribution is -2.31. The minimum atomic E-state index is -0.404. The van der Waals surface area contributed by atoms with Crippen LogP contribution in [-0.2, 0) is 9.59 Å². The number of aromatic nitrogens is 1. The van der Waals surface area contributed by atoms with E-state index in [1.807, 2.05) is 24.4 Å². The van der Waals surface area contributed by atoms with Crippen molar-refractivity contribution in [3.63, 3.8) is 0 Å². The first-order valence-electron chi connectivity index (χ1n) is 8.25. The molecule has 0 bridgehead atoms. The number of phenols is 1. The summed E-state index contributed by atoms with van der Waals surface area (Å²) in [6, 6.07) is 12.1. The molecule has 0 saturated carbocycles. The summed E-state index contributed by atoms with van der Waals surface area (Å²) in [6.07, 6.45) is 4.70. The summed E-state index contributed by atoms with van der Waals surface area (Å²) >= 11 is 0. The third-order valence-corrected chi connectivity index (χ3v) is 3.89. The zero-order valence-corrected chi connectivity index (χ0v) is 14.7. The third kappa shape index (κ3) is 4.66. The number of amides is 2. The van der Waals surface area contributed by atoms with Gasteiger partial charge < -0.3 is 25.5 Å². The molecule has 0 atom stereocenters. The van der Waals surface area contributed by atoms with Gasteiger partial charge in [0.05, 0.1) is 13.7 Å². The van der Waals surface area contributed by atoms with E-state index < -0.39 is 5.91 Å². The van der Waals surface area contributed by atoms with Crippen molar-refractivity contribution in [1.29, 1.82) is 0 Å². The zero-order chi connectivity index (χ0) is 19.2. The molecule has 0 aliphatic heterocycles. The van der Waals surface area contributed by atoms with E-state index in [0.29, 0.717) is 17.0 Å². The van der Waals surface area contributed by atoms with Gasteiger partial charge in [-0.2, -0.15) is 0 Å². The number of anilines is 1. The van der Waals surface area contributed by atoms with Crippen molar-refractivity contribution in [2.75, 3.05) is 19.0 Å². The Morgan fingerprint density at radius 2 is 2.04 bits per heavy atom. The lowest BCUT2D eigenvalue weighted by atomic mass is 10.2. The van der Waals surface area contributed by atoms with Crippen LogP contribution in [0.25, 0.3) is 17.0 Å². The minimum absolute atomic E-state index is 0.0219. The number of H-pyrrole nitrogens is 1. The number of carbonyl (C=O) groups is 2. The minimum Gasteiger partial charge on any atom is -0.504 e. The van der Waals surface area contributed by atoms with Crippen molar-refractivity contribution in [3.05, 3.63) is 60.3 Å². The maximum absolute atomic E-state index is 12.0. The Bertz CT molecular complexity index is 1010. The second kappa shape index (κ2) is 8.09. The quantitative estimate of drug-likeness (QED) is 0.504. The number of hydrogen-bond acceptors (Lipinski definition) is 4. The standard InChI is InChI=1S/C20H19N3O4/c1-27-18-10-13(2-6-17(18)24)3-7-19(25)22-12-20(26)23-15-4-5-16-14(11-15)8-9-21-16/h2-11,21,24H,12H2,1H3,(H,22,25)(H,23,26)/b7-3+. The second-order valence-corrected chi connectivity index (χ2v) is 5.81. The largest absolute Gasteiger partial charge is 0.504 e. The SMILES string of the molecule is COc1cc(/C=C/C(=O)NCC(=O)Nc2ccc3[nH]ccc3c2)ccc1O. The van der Waals surface area contributed by atoms with Crippen LogP contribution in [0.4, 0.5) is 5.69 Å². The number of fused-ring (bicyclic) bond motifs is 1. The van der Waals surface area contributed by atoms with Crippen molar-refractivity contribution in [2.45, 2.75) is 0 Å². The Hall–Kier alpha value is -3.74. The fraction of sp³-hybridized carbons (Fsp3) is 0.100. The predicted octanol–water partition coefficient (Wildman–Crippen LogP) is 2.65. The van der Waals surface area contributed by atoms with E-state index in [1.54, 1.807) is 24.3 Å². The van der Waals surface area contributed by atoms with Crippen LogP contribution >= 0.6 is 0 Å². The number of rotatable bonds is 6. The molecule has 4 N–H and O–H groups in total. The number of aromatic amines is 1. The molecule has 27 heavy (non-hydrogen) atoms. The van der Waals surface area contributed by atoms with Crippen LogP contribution in [-0.4, -0.2) is 35.6 Å². The number of carbonyl (C=O) groups excluding carboxylic acids is 2. The lowest BCUT2D eigenvalue weighted by molar-refractivity contribution is -0.121. The van der Waals surface area contributed by atoms with Gasteiger partial charge >= 0.3 is 0 Å². The molecule has 3 aromatic rings. The Morgan fingerprint density at radius 1 is 1.19 bits per heavy atom. The number of nitrogens with one attached hydrogen (secondary N) is 3. The Morgan fingerprint density at radius 3 is 2.85 bits per heavy atom. The van der Waals surface area contributed by atoms with Crippen LogP contribution in [0.5, 0.6) is 11.5 Å². The van der Waals surface area contributed by atoms with Crippen molar-refractivity contribution >= 4 is 34.5 Å². The summed E-state index contributed by atoms with van der Waals surface area (Å²) in [4.78, 5) is 26.9. The van der Waals surface area contributed by atoms with E-state index in [-0.39, 0.29) is 18.2 Å². The van der Waals surface area contributed by atoms with Gasteiger partial charge in [-0.25, -0.2) is 0 Å². The van der Waals surface area contributed by atoms with Gasteiger partial charge in [-0.1, -0.05) is 6.07 Å². The van der Waals surface area contributed by atoms with Gasteiger partial charge in [0.25, 0.3) is 0 Å². The van der Waals surface area contributed by atoms with Crippen LogP contribution in [0.15, 0.2) is 54.7 Å². The van der Waals surface area contributed by atoms with E-state index in [9.17, 15) is 14.7 Å². The topological polar surface area (TPSA) is 103 Å². The Balaban J connectivity index is 1.51. The molecule has 0 radical (unpaired) electrons. The van der Waals surface area contributed by atoms with Gasteiger partial charge in [0, 0.05) is 28.9 Å².